The zero-order valence-electron chi connectivity index (χ0n) is 11.5. The Kier molecular flexibility index (Phi) is 4.48. The summed E-state index contributed by atoms with van der Waals surface area (Å²) in [6.07, 6.45) is 11.4. The molecule has 0 aromatic carbocycles. The Morgan fingerprint density at radius 3 is 2.18 bits per heavy atom. The monoisotopic (exact) mass is 239 g/mol. The normalized spacial score (nSPS) is 26.8. The lowest BCUT2D eigenvalue weighted by molar-refractivity contribution is 0.139. The Hall–Kier alpha value is -0.0800. The summed E-state index contributed by atoms with van der Waals surface area (Å²) in [4.78, 5) is 0. The van der Waals surface area contributed by atoms with Crippen LogP contribution in [0.1, 0.15) is 65.2 Å². The van der Waals surface area contributed by atoms with Crippen LogP contribution in [0, 0.1) is 11.3 Å². The van der Waals surface area contributed by atoms with Crippen molar-refractivity contribution >= 4 is 0 Å². The second-order valence-corrected chi connectivity index (χ2v) is 6.68. The number of aliphatic hydroxyl groups is 1. The van der Waals surface area contributed by atoms with Crippen molar-refractivity contribution in [2.45, 2.75) is 77.3 Å². The van der Waals surface area contributed by atoms with Crippen molar-refractivity contribution in [3.63, 3.8) is 0 Å². The minimum Gasteiger partial charge on any atom is -0.395 e. The predicted octanol–water partition coefficient (Wildman–Crippen LogP) is 3.10. The van der Waals surface area contributed by atoms with Crippen LogP contribution in [0.15, 0.2) is 0 Å². The van der Waals surface area contributed by atoms with Crippen LogP contribution in [-0.4, -0.2) is 23.8 Å². The molecule has 2 saturated carbocycles. The van der Waals surface area contributed by atoms with Gasteiger partial charge in [-0.15, -0.1) is 0 Å². The summed E-state index contributed by atoms with van der Waals surface area (Å²) in [5.74, 6) is 0.530. The first-order valence-electron chi connectivity index (χ1n) is 7.52. The van der Waals surface area contributed by atoms with Crippen molar-refractivity contribution < 1.29 is 5.11 Å². The molecule has 0 aromatic rings. The van der Waals surface area contributed by atoms with E-state index in [9.17, 15) is 5.11 Å². The summed E-state index contributed by atoms with van der Waals surface area (Å²) >= 11 is 0. The molecule has 17 heavy (non-hydrogen) atoms. The van der Waals surface area contributed by atoms with E-state index in [1.54, 1.807) is 0 Å². The van der Waals surface area contributed by atoms with E-state index in [2.05, 4.69) is 19.2 Å². The highest BCUT2D eigenvalue weighted by Crippen LogP contribution is 2.48. The van der Waals surface area contributed by atoms with Crippen LogP contribution in [-0.2, 0) is 0 Å². The molecule has 0 amide bonds. The Bertz CT molecular complexity index is 223. The SMILES string of the molecule is CC(C)[C@@H](CO)NC1CCC2(CCCC2)CC1. The number of hydrogen-bond acceptors (Lipinski definition) is 2. The van der Waals surface area contributed by atoms with Crippen LogP contribution in [0.3, 0.4) is 0 Å². The highest BCUT2D eigenvalue weighted by Gasteiger charge is 2.37. The molecule has 0 unspecified atom stereocenters. The Morgan fingerprint density at radius 1 is 1.12 bits per heavy atom. The van der Waals surface area contributed by atoms with E-state index in [0.29, 0.717) is 12.0 Å². The molecular weight excluding hydrogens is 210 g/mol. The van der Waals surface area contributed by atoms with Crippen molar-refractivity contribution in [3.05, 3.63) is 0 Å². The lowest BCUT2D eigenvalue weighted by atomic mass is 9.71. The van der Waals surface area contributed by atoms with Gasteiger partial charge in [0.2, 0.25) is 0 Å². The maximum Gasteiger partial charge on any atom is 0.0587 e. The minimum absolute atomic E-state index is 0.277. The molecule has 2 aliphatic carbocycles. The fraction of sp³-hybridized carbons (Fsp3) is 1.00. The van der Waals surface area contributed by atoms with E-state index >= 15 is 0 Å². The van der Waals surface area contributed by atoms with E-state index < -0.39 is 0 Å². The fourth-order valence-electron chi connectivity index (χ4n) is 3.78. The molecule has 0 heterocycles. The smallest absolute Gasteiger partial charge is 0.0587 e. The number of nitrogens with one attached hydrogen (secondary N) is 1. The molecule has 1 spiro atoms. The average molecular weight is 239 g/mol. The largest absolute Gasteiger partial charge is 0.395 e. The fourth-order valence-corrected chi connectivity index (χ4v) is 3.78. The van der Waals surface area contributed by atoms with Gasteiger partial charge in [-0.2, -0.15) is 0 Å². The zero-order valence-corrected chi connectivity index (χ0v) is 11.5. The lowest BCUT2D eigenvalue weighted by Crippen LogP contribution is -2.46. The molecule has 0 bridgehead atoms. The van der Waals surface area contributed by atoms with Crippen LogP contribution in [0.4, 0.5) is 0 Å². The number of rotatable bonds is 4. The van der Waals surface area contributed by atoms with Crippen LogP contribution >= 0.6 is 0 Å². The molecule has 0 saturated heterocycles. The quantitative estimate of drug-likeness (QED) is 0.790. The molecule has 2 rings (SSSR count). The first kappa shape index (κ1) is 13.4. The molecule has 0 aliphatic heterocycles. The van der Waals surface area contributed by atoms with Gasteiger partial charge in [0, 0.05) is 12.1 Å². The summed E-state index contributed by atoms with van der Waals surface area (Å²) in [7, 11) is 0. The highest BCUT2D eigenvalue weighted by molar-refractivity contribution is 4.92. The Labute approximate surface area is 106 Å². The van der Waals surface area contributed by atoms with Gasteiger partial charge in [-0.25, -0.2) is 0 Å². The maximum absolute atomic E-state index is 9.37. The molecule has 0 aromatic heterocycles. The Morgan fingerprint density at radius 2 is 1.71 bits per heavy atom. The molecule has 2 aliphatic rings. The van der Waals surface area contributed by atoms with Crippen LogP contribution in [0.2, 0.25) is 0 Å². The molecular formula is C15H29NO. The van der Waals surface area contributed by atoms with Crippen molar-refractivity contribution in [1.29, 1.82) is 0 Å². The third-order valence-corrected chi connectivity index (χ3v) is 5.16. The minimum atomic E-state index is 0.277. The maximum atomic E-state index is 9.37. The predicted molar refractivity (Wildman–Crippen MR) is 72.0 cm³/mol. The summed E-state index contributed by atoms with van der Waals surface area (Å²) in [5.41, 5.74) is 0.727. The van der Waals surface area contributed by atoms with Crippen LogP contribution in [0.25, 0.3) is 0 Å². The van der Waals surface area contributed by atoms with E-state index in [-0.39, 0.29) is 12.6 Å². The number of hydrogen-bond donors (Lipinski definition) is 2. The van der Waals surface area contributed by atoms with Gasteiger partial charge in [0.25, 0.3) is 0 Å². The van der Waals surface area contributed by atoms with Gasteiger partial charge in [-0.1, -0.05) is 26.7 Å². The van der Waals surface area contributed by atoms with E-state index in [1.165, 1.54) is 51.4 Å². The molecule has 1 atom stereocenters. The summed E-state index contributed by atoms with van der Waals surface area (Å²) in [6.45, 7) is 4.66. The highest BCUT2D eigenvalue weighted by atomic mass is 16.3. The standard InChI is InChI=1S/C15H29NO/c1-12(2)14(11-17)16-13-5-9-15(10-6-13)7-3-4-8-15/h12-14,16-17H,3-11H2,1-2H3/t14-/m1/s1. The van der Waals surface area contributed by atoms with Crippen molar-refractivity contribution in [2.75, 3.05) is 6.61 Å². The Balaban J connectivity index is 1.78. The summed E-state index contributed by atoms with van der Waals surface area (Å²) < 4.78 is 0. The first-order chi connectivity index (χ1) is 8.15. The third-order valence-electron chi connectivity index (χ3n) is 5.16. The molecule has 2 nitrogen and oxygen atoms in total. The first-order valence-corrected chi connectivity index (χ1v) is 7.52. The van der Waals surface area contributed by atoms with E-state index in [1.807, 2.05) is 0 Å². The third kappa shape index (κ3) is 3.23. The number of aliphatic hydroxyl groups excluding tert-OH is 1. The lowest BCUT2D eigenvalue weighted by Gasteiger charge is -2.39. The molecule has 2 N–H and O–H groups in total. The van der Waals surface area contributed by atoms with E-state index in [0.717, 1.165) is 5.41 Å². The second-order valence-electron chi connectivity index (χ2n) is 6.68. The van der Waals surface area contributed by atoms with Crippen LogP contribution < -0.4 is 5.32 Å². The van der Waals surface area contributed by atoms with Crippen molar-refractivity contribution in [2.24, 2.45) is 11.3 Å². The average Bonchev–Trinajstić information content (AvgIpc) is 2.77. The molecule has 0 radical (unpaired) electrons. The van der Waals surface area contributed by atoms with Gasteiger partial charge in [0.15, 0.2) is 0 Å². The molecule has 2 fully saturated rings. The van der Waals surface area contributed by atoms with Gasteiger partial charge < -0.3 is 10.4 Å². The van der Waals surface area contributed by atoms with Crippen molar-refractivity contribution in [1.82, 2.24) is 5.32 Å². The molecule has 2 heteroatoms. The van der Waals surface area contributed by atoms with Gasteiger partial charge in [0.05, 0.1) is 6.61 Å². The summed E-state index contributed by atoms with van der Waals surface area (Å²) in [5, 5.41) is 13.0. The zero-order chi connectivity index (χ0) is 12.3. The van der Waals surface area contributed by atoms with Gasteiger partial charge >= 0.3 is 0 Å². The summed E-state index contributed by atoms with van der Waals surface area (Å²) in [6, 6.07) is 0.943. The van der Waals surface area contributed by atoms with Gasteiger partial charge in [-0.05, 0) is 49.9 Å². The van der Waals surface area contributed by atoms with Gasteiger partial charge in [-0.3, -0.25) is 0 Å². The topological polar surface area (TPSA) is 32.3 Å². The van der Waals surface area contributed by atoms with Gasteiger partial charge in [0.1, 0.15) is 0 Å². The van der Waals surface area contributed by atoms with E-state index in [4.69, 9.17) is 0 Å². The van der Waals surface area contributed by atoms with Crippen LogP contribution in [0.5, 0.6) is 0 Å². The second kappa shape index (κ2) is 5.71. The molecule has 100 valence electrons. The van der Waals surface area contributed by atoms with Crippen molar-refractivity contribution in [3.8, 4) is 0 Å².